The van der Waals surface area contributed by atoms with Gasteiger partial charge in [-0.2, -0.15) is 0 Å². The number of amides is 1. The quantitative estimate of drug-likeness (QED) is 0.607. The van der Waals surface area contributed by atoms with Crippen LogP contribution in [-0.2, 0) is 9.59 Å². The molecule has 0 aliphatic carbocycles. The Morgan fingerprint density at radius 3 is 2.39 bits per heavy atom. The van der Waals surface area contributed by atoms with Crippen LogP contribution >= 0.6 is 0 Å². The standard InChI is InChI=1S/C12H23N3O3/c1-10(2)13-4-3-11(12(17)18)15-7-5-14(9-16)6-8-15/h9-11,13H,3-8H2,1-2H3,(H,17,18). The Balaban J connectivity index is 2.42. The van der Waals surface area contributed by atoms with Gasteiger partial charge in [-0.25, -0.2) is 0 Å². The van der Waals surface area contributed by atoms with Crippen molar-refractivity contribution in [3.8, 4) is 0 Å². The van der Waals surface area contributed by atoms with Gasteiger partial charge in [-0.1, -0.05) is 13.8 Å². The SMILES string of the molecule is CC(C)NCCC(C(=O)O)N1CCN(C=O)CC1. The van der Waals surface area contributed by atoms with E-state index in [1.54, 1.807) is 4.90 Å². The highest BCUT2D eigenvalue weighted by molar-refractivity contribution is 5.73. The molecule has 1 amide bonds. The number of nitrogens with zero attached hydrogens (tertiary/aromatic N) is 2. The van der Waals surface area contributed by atoms with E-state index in [4.69, 9.17) is 0 Å². The number of rotatable bonds is 7. The third-order valence-corrected chi connectivity index (χ3v) is 3.19. The van der Waals surface area contributed by atoms with Crippen molar-refractivity contribution >= 4 is 12.4 Å². The highest BCUT2D eigenvalue weighted by atomic mass is 16.4. The van der Waals surface area contributed by atoms with E-state index in [9.17, 15) is 14.7 Å². The number of hydrogen-bond acceptors (Lipinski definition) is 4. The summed E-state index contributed by atoms with van der Waals surface area (Å²) in [6, 6.07) is -0.0867. The third-order valence-electron chi connectivity index (χ3n) is 3.19. The number of carboxylic acid groups (broad SMARTS) is 1. The number of nitrogens with one attached hydrogen (secondary N) is 1. The van der Waals surface area contributed by atoms with E-state index >= 15 is 0 Å². The lowest BCUT2D eigenvalue weighted by Gasteiger charge is -2.36. The molecule has 0 aromatic carbocycles. The van der Waals surface area contributed by atoms with Crippen molar-refractivity contribution in [2.24, 2.45) is 0 Å². The maximum Gasteiger partial charge on any atom is 0.320 e. The topological polar surface area (TPSA) is 72.9 Å². The summed E-state index contributed by atoms with van der Waals surface area (Å²) in [5.41, 5.74) is 0. The summed E-state index contributed by atoms with van der Waals surface area (Å²) in [4.78, 5) is 25.5. The van der Waals surface area contributed by atoms with Crippen LogP contribution in [0.2, 0.25) is 0 Å². The minimum atomic E-state index is -0.778. The first-order chi connectivity index (χ1) is 8.54. The van der Waals surface area contributed by atoms with Crippen molar-refractivity contribution in [3.63, 3.8) is 0 Å². The number of aliphatic carboxylic acids is 1. The summed E-state index contributed by atoms with van der Waals surface area (Å²) in [6.45, 7) is 7.28. The molecule has 1 rings (SSSR count). The molecule has 104 valence electrons. The van der Waals surface area contributed by atoms with Crippen LogP contribution in [0.15, 0.2) is 0 Å². The average molecular weight is 257 g/mol. The molecule has 6 heteroatoms. The van der Waals surface area contributed by atoms with E-state index in [-0.39, 0.29) is 0 Å². The molecule has 1 fully saturated rings. The van der Waals surface area contributed by atoms with Crippen molar-refractivity contribution in [1.29, 1.82) is 0 Å². The van der Waals surface area contributed by atoms with Gasteiger partial charge in [0.05, 0.1) is 0 Å². The molecule has 0 spiro atoms. The van der Waals surface area contributed by atoms with Crippen LogP contribution in [0.4, 0.5) is 0 Å². The van der Waals surface area contributed by atoms with Gasteiger partial charge in [0.1, 0.15) is 6.04 Å². The molecule has 0 bridgehead atoms. The first-order valence-corrected chi connectivity index (χ1v) is 6.44. The Hall–Kier alpha value is -1.14. The lowest BCUT2D eigenvalue weighted by atomic mass is 10.1. The lowest BCUT2D eigenvalue weighted by molar-refractivity contribution is -0.144. The summed E-state index contributed by atoms with van der Waals surface area (Å²) in [7, 11) is 0. The molecular weight excluding hydrogens is 234 g/mol. The van der Waals surface area contributed by atoms with Crippen LogP contribution in [0.3, 0.4) is 0 Å². The van der Waals surface area contributed by atoms with E-state index in [0.717, 1.165) is 6.41 Å². The minimum absolute atomic E-state index is 0.367. The molecule has 1 aliphatic rings. The predicted octanol–water partition coefficient (Wildman–Crippen LogP) is -0.398. The van der Waals surface area contributed by atoms with Gasteiger partial charge in [0.15, 0.2) is 0 Å². The average Bonchev–Trinajstić information content (AvgIpc) is 2.34. The maximum atomic E-state index is 11.3. The molecule has 2 N–H and O–H groups in total. The number of carboxylic acids is 1. The lowest BCUT2D eigenvalue weighted by Crippen LogP contribution is -2.53. The van der Waals surface area contributed by atoms with Crippen LogP contribution < -0.4 is 5.32 Å². The molecule has 1 unspecified atom stereocenters. The highest BCUT2D eigenvalue weighted by Gasteiger charge is 2.27. The molecule has 1 atom stereocenters. The van der Waals surface area contributed by atoms with Gasteiger partial charge >= 0.3 is 5.97 Å². The van der Waals surface area contributed by atoms with Crippen LogP contribution in [0.5, 0.6) is 0 Å². The molecule has 6 nitrogen and oxygen atoms in total. The van der Waals surface area contributed by atoms with Gasteiger partial charge in [-0.05, 0) is 13.0 Å². The molecule has 18 heavy (non-hydrogen) atoms. The smallest absolute Gasteiger partial charge is 0.320 e. The van der Waals surface area contributed by atoms with Crippen LogP contribution in [0.1, 0.15) is 20.3 Å². The fourth-order valence-corrected chi connectivity index (χ4v) is 2.13. The summed E-state index contributed by atoms with van der Waals surface area (Å²) in [6.07, 6.45) is 1.42. The van der Waals surface area contributed by atoms with E-state index in [1.165, 1.54) is 0 Å². The first-order valence-electron chi connectivity index (χ1n) is 6.44. The monoisotopic (exact) mass is 257 g/mol. The first kappa shape index (κ1) is 14.9. The zero-order valence-electron chi connectivity index (χ0n) is 11.1. The second-order valence-electron chi connectivity index (χ2n) is 4.93. The van der Waals surface area contributed by atoms with Crippen molar-refractivity contribution in [2.45, 2.75) is 32.4 Å². The Bertz CT molecular complexity index is 276. The molecule has 0 aromatic heterocycles. The Kier molecular flexibility index (Phi) is 6.07. The number of carbonyl (C=O) groups is 2. The Morgan fingerprint density at radius 2 is 1.94 bits per heavy atom. The van der Waals surface area contributed by atoms with Gasteiger partial charge in [-0.15, -0.1) is 0 Å². The number of piperazine rings is 1. The van der Waals surface area contributed by atoms with Crippen LogP contribution in [-0.4, -0.2) is 72.1 Å². The molecule has 0 saturated carbocycles. The number of carbonyl (C=O) groups excluding carboxylic acids is 1. The highest BCUT2D eigenvalue weighted by Crippen LogP contribution is 2.09. The molecular formula is C12H23N3O3. The predicted molar refractivity (Wildman–Crippen MR) is 68.4 cm³/mol. The fourth-order valence-electron chi connectivity index (χ4n) is 2.13. The van der Waals surface area contributed by atoms with Crippen molar-refractivity contribution in [2.75, 3.05) is 32.7 Å². The summed E-state index contributed by atoms with van der Waals surface area (Å²) in [5.74, 6) is -0.778. The summed E-state index contributed by atoms with van der Waals surface area (Å²) < 4.78 is 0. The molecule has 0 aromatic rings. The van der Waals surface area contributed by atoms with Crippen LogP contribution in [0.25, 0.3) is 0 Å². The summed E-state index contributed by atoms with van der Waals surface area (Å²) >= 11 is 0. The normalized spacial score (nSPS) is 18.9. The van der Waals surface area contributed by atoms with E-state index < -0.39 is 12.0 Å². The summed E-state index contributed by atoms with van der Waals surface area (Å²) in [5, 5.41) is 12.5. The van der Waals surface area contributed by atoms with Gasteiger partial charge < -0.3 is 15.3 Å². The largest absolute Gasteiger partial charge is 0.480 e. The fraction of sp³-hybridized carbons (Fsp3) is 0.833. The van der Waals surface area contributed by atoms with Gasteiger partial charge in [-0.3, -0.25) is 14.5 Å². The van der Waals surface area contributed by atoms with Crippen molar-refractivity contribution in [1.82, 2.24) is 15.1 Å². The van der Waals surface area contributed by atoms with Gasteiger partial charge in [0, 0.05) is 32.2 Å². The minimum Gasteiger partial charge on any atom is -0.480 e. The van der Waals surface area contributed by atoms with Gasteiger partial charge in [0.2, 0.25) is 6.41 Å². The third kappa shape index (κ3) is 4.62. The van der Waals surface area contributed by atoms with E-state index in [0.29, 0.717) is 45.2 Å². The zero-order chi connectivity index (χ0) is 13.5. The van der Waals surface area contributed by atoms with E-state index in [2.05, 4.69) is 5.32 Å². The molecule has 0 radical (unpaired) electrons. The van der Waals surface area contributed by atoms with Crippen molar-refractivity contribution in [3.05, 3.63) is 0 Å². The molecule has 1 heterocycles. The Labute approximate surface area is 108 Å². The van der Waals surface area contributed by atoms with E-state index in [1.807, 2.05) is 18.7 Å². The maximum absolute atomic E-state index is 11.3. The second kappa shape index (κ2) is 7.33. The number of hydrogen-bond donors (Lipinski definition) is 2. The molecule has 1 aliphatic heterocycles. The van der Waals surface area contributed by atoms with Crippen LogP contribution in [0, 0.1) is 0 Å². The molecule has 1 saturated heterocycles. The zero-order valence-corrected chi connectivity index (χ0v) is 11.1. The van der Waals surface area contributed by atoms with Crippen molar-refractivity contribution < 1.29 is 14.7 Å². The Morgan fingerprint density at radius 1 is 1.33 bits per heavy atom. The second-order valence-corrected chi connectivity index (χ2v) is 4.93. The van der Waals surface area contributed by atoms with Gasteiger partial charge in [0.25, 0.3) is 0 Å².